The number of aryl methyl sites for hydroxylation is 1. The molecule has 114 valence electrons. The number of benzene rings is 1. The Hall–Kier alpha value is -2.01. The number of allylic oxidation sites excluding steroid dienone is 2. The van der Waals surface area contributed by atoms with Crippen LogP contribution in [0.5, 0.6) is 5.75 Å². The third-order valence-electron chi connectivity index (χ3n) is 2.61. The molecular formula is C15H19ClN2O3. The van der Waals surface area contributed by atoms with Crippen LogP contribution in [0.25, 0.3) is 0 Å². The molecule has 0 aromatic heterocycles. The molecule has 1 atom stereocenters. The number of carbonyl (C=O) groups excluding carboxylic acids is 2. The first-order chi connectivity index (χ1) is 9.79. The number of carbonyl (C=O) groups is 2. The summed E-state index contributed by atoms with van der Waals surface area (Å²) in [5.74, 6) is 0.147. The van der Waals surface area contributed by atoms with E-state index in [2.05, 4.69) is 10.9 Å². The number of hydrazine groups is 1. The molecule has 6 heteroatoms. The minimum atomic E-state index is -0.692. The highest BCUT2D eigenvalue weighted by Gasteiger charge is 2.15. The van der Waals surface area contributed by atoms with Crippen molar-refractivity contribution in [1.82, 2.24) is 10.9 Å². The van der Waals surface area contributed by atoms with Crippen LogP contribution >= 0.6 is 11.6 Å². The summed E-state index contributed by atoms with van der Waals surface area (Å²) in [6.07, 6.45) is 0.692. The van der Waals surface area contributed by atoms with Gasteiger partial charge in [-0.25, -0.2) is 0 Å². The van der Waals surface area contributed by atoms with Gasteiger partial charge in [-0.15, -0.1) is 0 Å². The fourth-order valence-electron chi connectivity index (χ4n) is 1.59. The average Bonchev–Trinajstić information content (AvgIpc) is 2.38. The molecule has 0 unspecified atom stereocenters. The maximum Gasteiger partial charge on any atom is 0.279 e. The molecule has 2 N–H and O–H groups in total. The van der Waals surface area contributed by atoms with Crippen molar-refractivity contribution in [2.75, 3.05) is 0 Å². The molecule has 1 aromatic rings. The molecule has 0 saturated heterocycles. The lowest BCUT2D eigenvalue weighted by Gasteiger charge is -2.17. The zero-order valence-corrected chi connectivity index (χ0v) is 13.2. The van der Waals surface area contributed by atoms with E-state index in [0.717, 1.165) is 5.56 Å². The summed E-state index contributed by atoms with van der Waals surface area (Å²) in [5.41, 5.74) is 6.52. The number of hydrogen-bond donors (Lipinski definition) is 2. The van der Waals surface area contributed by atoms with Crippen LogP contribution in [0.1, 0.15) is 26.3 Å². The van der Waals surface area contributed by atoms with E-state index in [-0.39, 0.29) is 11.7 Å². The molecule has 21 heavy (non-hydrogen) atoms. The molecule has 0 saturated carbocycles. The Labute approximate surface area is 129 Å². The molecule has 0 heterocycles. The molecule has 0 fully saturated rings. The van der Waals surface area contributed by atoms with Crippen LogP contribution in [0.15, 0.2) is 30.0 Å². The van der Waals surface area contributed by atoms with E-state index in [1.165, 1.54) is 13.0 Å². The van der Waals surface area contributed by atoms with Gasteiger partial charge in [0.1, 0.15) is 5.75 Å². The largest absolute Gasteiger partial charge is 0.481 e. The van der Waals surface area contributed by atoms with Gasteiger partial charge in [-0.1, -0.05) is 11.6 Å². The van der Waals surface area contributed by atoms with E-state index in [4.69, 9.17) is 16.3 Å². The van der Waals surface area contributed by atoms with Gasteiger partial charge in [-0.05, 0) is 51.5 Å². The third kappa shape index (κ3) is 5.87. The monoisotopic (exact) mass is 310 g/mol. The van der Waals surface area contributed by atoms with E-state index < -0.39 is 6.10 Å². The molecule has 0 aliphatic heterocycles. The van der Waals surface area contributed by atoms with E-state index in [1.807, 2.05) is 6.92 Å². The van der Waals surface area contributed by atoms with Crippen LogP contribution in [0.4, 0.5) is 0 Å². The lowest BCUT2D eigenvalue weighted by molar-refractivity contribution is -0.128. The molecule has 0 aliphatic rings. The van der Waals surface area contributed by atoms with Crippen molar-refractivity contribution in [3.8, 4) is 5.75 Å². The highest BCUT2D eigenvalue weighted by atomic mass is 35.5. The topological polar surface area (TPSA) is 67.4 Å². The van der Waals surface area contributed by atoms with Gasteiger partial charge >= 0.3 is 0 Å². The molecule has 5 nitrogen and oxygen atoms in total. The molecule has 0 radical (unpaired) electrons. The number of halogens is 1. The van der Waals surface area contributed by atoms with E-state index >= 15 is 0 Å². The summed E-state index contributed by atoms with van der Waals surface area (Å²) < 4.78 is 5.58. The summed E-state index contributed by atoms with van der Waals surface area (Å²) in [6.45, 7) is 6.59. The first kappa shape index (κ1) is 17.0. The standard InChI is InChI=1S/C15H19ClN2O3/c1-9-7-13(16)5-6-14(9)21-12(4)15(20)18-17-10(2)8-11(3)19/h5-8,12,17H,1-4H3,(H,18,20)/b10-8+/t12-/m0/s1. The highest BCUT2D eigenvalue weighted by molar-refractivity contribution is 6.30. The Balaban J connectivity index is 2.57. The fourth-order valence-corrected chi connectivity index (χ4v) is 1.82. The number of ketones is 1. The summed E-state index contributed by atoms with van der Waals surface area (Å²) >= 11 is 5.86. The predicted octanol–water partition coefficient (Wildman–Crippen LogP) is 2.53. The van der Waals surface area contributed by atoms with Crippen molar-refractivity contribution >= 4 is 23.3 Å². The number of nitrogens with one attached hydrogen (secondary N) is 2. The highest BCUT2D eigenvalue weighted by Crippen LogP contribution is 2.22. The minimum Gasteiger partial charge on any atom is -0.481 e. The molecular weight excluding hydrogens is 292 g/mol. The summed E-state index contributed by atoms with van der Waals surface area (Å²) in [7, 11) is 0. The fraction of sp³-hybridized carbons (Fsp3) is 0.333. The SMILES string of the molecule is CC(=O)/C=C(\C)NNC(=O)[C@H](C)Oc1ccc(Cl)cc1C. The first-order valence-corrected chi connectivity index (χ1v) is 6.85. The maximum absolute atomic E-state index is 11.9. The normalized spacial score (nSPS) is 12.5. The number of rotatable bonds is 6. The second-order valence-electron chi connectivity index (χ2n) is 4.72. The minimum absolute atomic E-state index is 0.102. The molecule has 0 bridgehead atoms. The lowest BCUT2D eigenvalue weighted by Crippen LogP contribution is -2.43. The summed E-state index contributed by atoms with van der Waals surface area (Å²) in [4.78, 5) is 22.8. The van der Waals surface area contributed by atoms with E-state index in [9.17, 15) is 9.59 Å². The van der Waals surface area contributed by atoms with Crippen molar-refractivity contribution in [2.24, 2.45) is 0 Å². The van der Waals surface area contributed by atoms with Crippen molar-refractivity contribution < 1.29 is 14.3 Å². The van der Waals surface area contributed by atoms with Gasteiger partial charge in [0.05, 0.1) is 0 Å². The van der Waals surface area contributed by atoms with Crippen LogP contribution < -0.4 is 15.6 Å². The maximum atomic E-state index is 11.9. The zero-order valence-electron chi connectivity index (χ0n) is 12.5. The van der Waals surface area contributed by atoms with Gasteiger partial charge in [0.15, 0.2) is 11.9 Å². The van der Waals surface area contributed by atoms with Crippen molar-refractivity contribution in [3.05, 3.63) is 40.6 Å². The van der Waals surface area contributed by atoms with Crippen molar-refractivity contribution in [3.63, 3.8) is 0 Å². The van der Waals surface area contributed by atoms with Gasteiger partial charge in [0, 0.05) is 16.8 Å². The van der Waals surface area contributed by atoms with Crippen LogP contribution in [0.2, 0.25) is 5.02 Å². The zero-order chi connectivity index (χ0) is 16.0. The second kappa shape index (κ2) is 7.69. The Morgan fingerprint density at radius 3 is 2.52 bits per heavy atom. The van der Waals surface area contributed by atoms with Gasteiger partial charge in [0.25, 0.3) is 5.91 Å². The predicted molar refractivity (Wildman–Crippen MR) is 82.0 cm³/mol. The quantitative estimate of drug-likeness (QED) is 0.626. The summed E-state index contributed by atoms with van der Waals surface area (Å²) in [5, 5.41) is 0.614. The van der Waals surface area contributed by atoms with Crippen molar-refractivity contribution in [1.29, 1.82) is 0 Å². The molecule has 1 aromatic carbocycles. The van der Waals surface area contributed by atoms with E-state index in [0.29, 0.717) is 16.5 Å². The molecule has 0 aliphatic carbocycles. The van der Waals surface area contributed by atoms with Crippen LogP contribution in [0, 0.1) is 6.92 Å². The average molecular weight is 311 g/mol. The third-order valence-corrected chi connectivity index (χ3v) is 2.85. The van der Waals surface area contributed by atoms with Crippen LogP contribution in [-0.4, -0.2) is 17.8 Å². The van der Waals surface area contributed by atoms with Crippen LogP contribution in [-0.2, 0) is 9.59 Å². The van der Waals surface area contributed by atoms with Gasteiger partial charge < -0.3 is 10.2 Å². The van der Waals surface area contributed by atoms with Gasteiger partial charge in [-0.2, -0.15) is 0 Å². The first-order valence-electron chi connectivity index (χ1n) is 6.47. The van der Waals surface area contributed by atoms with Crippen molar-refractivity contribution in [2.45, 2.75) is 33.8 Å². The Morgan fingerprint density at radius 1 is 1.29 bits per heavy atom. The van der Waals surface area contributed by atoms with Gasteiger partial charge in [0.2, 0.25) is 0 Å². The van der Waals surface area contributed by atoms with Crippen LogP contribution in [0.3, 0.4) is 0 Å². The number of hydrogen-bond acceptors (Lipinski definition) is 4. The summed E-state index contributed by atoms with van der Waals surface area (Å²) in [6, 6.07) is 5.18. The Morgan fingerprint density at radius 2 is 1.95 bits per heavy atom. The molecule has 1 amide bonds. The van der Waals surface area contributed by atoms with E-state index in [1.54, 1.807) is 32.0 Å². The lowest BCUT2D eigenvalue weighted by atomic mass is 10.2. The number of ether oxygens (including phenoxy) is 1. The smallest absolute Gasteiger partial charge is 0.279 e. The molecule has 1 rings (SSSR count). The Kier molecular flexibility index (Phi) is 6.24. The second-order valence-corrected chi connectivity index (χ2v) is 5.16. The Bertz CT molecular complexity index is 570. The van der Waals surface area contributed by atoms with Gasteiger partial charge in [-0.3, -0.25) is 15.0 Å². The number of amides is 1. The molecule has 0 spiro atoms.